The Morgan fingerprint density at radius 1 is 1.39 bits per heavy atom. The van der Waals surface area contributed by atoms with Crippen molar-refractivity contribution in [2.45, 2.75) is 26.7 Å². The number of hydrogen-bond acceptors (Lipinski definition) is 2. The third-order valence-electron chi connectivity index (χ3n) is 2.47. The highest BCUT2D eigenvalue weighted by Crippen LogP contribution is 2.54. The minimum atomic E-state index is -2.56. The van der Waals surface area contributed by atoms with Crippen molar-refractivity contribution in [3.63, 3.8) is 0 Å². The van der Waals surface area contributed by atoms with Crippen LogP contribution in [0.25, 0.3) is 0 Å². The van der Waals surface area contributed by atoms with Crippen LogP contribution in [0.1, 0.15) is 26.7 Å². The second-order valence-electron chi connectivity index (χ2n) is 4.19. The Morgan fingerprint density at radius 3 is 2.44 bits per heavy atom. The summed E-state index contributed by atoms with van der Waals surface area (Å²) in [4.78, 5) is 10.3. The largest absolute Gasteiger partial charge is 0.354 e. The maximum atomic E-state index is 12.8. The zero-order valence-electron chi connectivity index (χ0n) is 10.5. The fraction of sp³-hybridized carbons (Fsp3) is 0.500. The first kappa shape index (κ1) is 18.4. The SMILES string of the molecule is CCCC(C)CSP(O)(=S)c1ccc(F)cc1.Cl. The molecule has 2 atom stereocenters. The lowest BCUT2D eigenvalue weighted by molar-refractivity contribution is 0.585. The van der Waals surface area contributed by atoms with Crippen molar-refractivity contribution in [3.8, 4) is 0 Å². The summed E-state index contributed by atoms with van der Waals surface area (Å²) in [5.74, 6) is 1.12. The van der Waals surface area contributed by atoms with Crippen molar-refractivity contribution in [2.24, 2.45) is 5.92 Å². The van der Waals surface area contributed by atoms with Crippen molar-refractivity contribution in [3.05, 3.63) is 30.1 Å². The molecule has 6 heteroatoms. The summed E-state index contributed by atoms with van der Waals surface area (Å²) in [6.07, 6.45) is 2.29. The molecule has 0 radical (unpaired) electrons. The summed E-state index contributed by atoms with van der Waals surface area (Å²) in [5.41, 5.74) is -2.56. The maximum absolute atomic E-state index is 12.8. The predicted molar refractivity (Wildman–Crippen MR) is 86.3 cm³/mol. The lowest BCUT2D eigenvalue weighted by Gasteiger charge is -2.17. The van der Waals surface area contributed by atoms with Gasteiger partial charge in [0, 0.05) is 11.1 Å². The van der Waals surface area contributed by atoms with E-state index in [0.29, 0.717) is 11.2 Å². The highest BCUT2D eigenvalue weighted by atomic mass is 35.5. The van der Waals surface area contributed by atoms with Gasteiger partial charge in [0.2, 0.25) is 0 Å². The zero-order valence-corrected chi connectivity index (χ0v) is 13.8. The highest BCUT2D eigenvalue weighted by molar-refractivity contribution is 8.71. The van der Waals surface area contributed by atoms with Gasteiger partial charge in [0.1, 0.15) is 11.3 Å². The molecule has 0 aliphatic rings. The Hall–Kier alpha value is 0.400. The van der Waals surface area contributed by atoms with E-state index >= 15 is 0 Å². The molecular weight excluding hydrogens is 310 g/mol. The lowest BCUT2D eigenvalue weighted by atomic mass is 10.1. The van der Waals surface area contributed by atoms with E-state index in [1.54, 1.807) is 12.1 Å². The van der Waals surface area contributed by atoms with Gasteiger partial charge in [-0.25, -0.2) is 4.39 Å². The fourth-order valence-electron chi connectivity index (χ4n) is 1.51. The third-order valence-corrected chi connectivity index (χ3v) is 8.20. The molecular formula is C12H19ClFOPS2. The molecule has 1 aromatic carbocycles. The van der Waals surface area contributed by atoms with E-state index in [-0.39, 0.29) is 18.2 Å². The number of halogens is 2. The molecule has 0 saturated carbocycles. The molecule has 0 aliphatic carbocycles. The first-order chi connectivity index (χ1) is 7.95. The topological polar surface area (TPSA) is 20.2 Å². The second kappa shape index (κ2) is 8.55. The van der Waals surface area contributed by atoms with E-state index in [4.69, 9.17) is 11.8 Å². The fourth-order valence-corrected chi connectivity index (χ4v) is 5.90. The zero-order chi connectivity index (χ0) is 12.9. The van der Waals surface area contributed by atoms with Crippen LogP contribution in [0, 0.1) is 11.7 Å². The Labute approximate surface area is 124 Å². The van der Waals surface area contributed by atoms with Gasteiger partial charge >= 0.3 is 0 Å². The summed E-state index contributed by atoms with van der Waals surface area (Å²) in [6, 6.07) is 5.88. The van der Waals surface area contributed by atoms with Crippen LogP contribution in [0.5, 0.6) is 0 Å². The number of rotatable bonds is 6. The van der Waals surface area contributed by atoms with Crippen LogP contribution in [-0.4, -0.2) is 10.6 Å². The normalized spacial score (nSPS) is 15.6. The molecule has 1 aromatic rings. The van der Waals surface area contributed by atoms with Gasteiger partial charge in [0.25, 0.3) is 0 Å². The lowest BCUT2D eigenvalue weighted by Crippen LogP contribution is -2.04. The second-order valence-corrected chi connectivity index (χ2v) is 11.0. The average Bonchev–Trinajstić information content (AvgIpc) is 2.28. The molecule has 18 heavy (non-hydrogen) atoms. The van der Waals surface area contributed by atoms with Gasteiger partial charge in [-0.3, -0.25) is 0 Å². The molecule has 1 N–H and O–H groups in total. The Kier molecular flexibility index (Phi) is 8.74. The van der Waals surface area contributed by atoms with Gasteiger partial charge in [-0.1, -0.05) is 49.9 Å². The summed E-state index contributed by atoms with van der Waals surface area (Å²) >= 11 is 6.71. The Balaban J connectivity index is 0.00000289. The molecule has 104 valence electrons. The Morgan fingerprint density at radius 2 is 1.94 bits per heavy atom. The molecule has 0 bridgehead atoms. The smallest absolute Gasteiger partial charge is 0.146 e. The number of hydrogen-bond donors (Lipinski definition) is 1. The van der Waals surface area contributed by atoms with E-state index in [9.17, 15) is 9.28 Å². The molecule has 0 aliphatic heterocycles. The maximum Gasteiger partial charge on any atom is 0.146 e. The molecule has 0 fully saturated rings. The monoisotopic (exact) mass is 328 g/mol. The van der Waals surface area contributed by atoms with Crippen molar-refractivity contribution < 1.29 is 9.28 Å². The molecule has 1 nitrogen and oxygen atoms in total. The molecule has 0 spiro atoms. The third kappa shape index (κ3) is 6.03. The van der Waals surface area contributed by atoms with Crippen LogP contribution in [0.2, 0.25) is 0 Å². The highest BCUT2D eigenvalue weighted by Gasteiger charge is 2.18. The summed E-state index contributed by atoms with van der Waals surface area (Å²) in [6.45, 7) is 4.31. The van der Waals surface area contributed by atoms with Crippen molar-refractivity contribution in [1.82, 2.24) is 0 Å². The molecule has 0 amide bonds. The minimum absolute atomic E-state index is 0. The van der Waals surface area contributed by atoms with Crippen molar-refractivity contribution in [2.75, 3.05) is 5.75 Å². The molecule has 0 heterocycles. The van der Waals surface area contributed by atoms with Crippen molar-refractivity contribution in [1.29, 1.82) is 0 Å². The molecule has 1 rings (SSSR count). The predicted octanol–water partition coefficient (Wildman–Crippen LogP) is 4.34. The molecule has 0 saturated heterocycles. The van der Waals surface area contributed by atoms with Crippen LogP contribution in [0.4, 0.5) is 4.39 Å². The van der Waals surface area contributed by atoms with Gasteiger partial charge in [-0.05, 0) is 30.2 Å². The van der Waals surface area contributed by atoms with Gasteiger partial charge < -0.3 is 4.89 Å². The van der Waals surface area contributed by atoms with Gasteiger partial charge in [-0.15, -0.1) is 12.4 Å². The van der Waals surface area contributed by atoms with Gasteiger partial charge in [-0.2, -0.15) is 0 Å². The summed E-state index contributed by atoms with van der Waals surface area (Å²) in [5, 5.41) is 0.683. The number of benzene rings is 1. The first-order valence-corrected chi connectivity index (χ1v) is 10.0. The average molecular weight is 329 g/mol. The standard InChI is InChI=1S/C12H18FOPS2.ClH/c1-3-4-10(2)9-17-15(14,16)12-7-5-11(13)6-8-12;/h5-8,10H,3-4,9H2,1-2H3,(H,14,16);1H. The first-order valence-electron chi connectivity index (χ1n) is 5.69. The van der Waals surface area contributed by atoms with Gasteiger partial charge in [0.05, 0.1) is 0 Å². The summed E-state index contributed by atoms with van der Waals surface area (Å²) in [7, 11) is 0. The van der Waals surface area contributed by atoms with Crippen LogP contribution in [0.3, 0.4) is 0 Å². The summed E-state index contributed by atoms with van der Waals surface area (Å²) < 4.78 is 12.8. The molecule has 2 unspecified atom stereocenters. The molecule has 0 aromatic heterocycles. The van der Waals surface area contributed by atoms with E-state index in [1.807, 2.05) is 0 Å². The van der Waals surface area contributed by atoms with Crippen LogP contribution in [-0.2, 0) is 11.8 Å². The van der Waals surface area contributed by atoms with E-state index in [1.165, 1.54) is 23.5 Å². The van der Waals surface area contributed by atoms with E-state index in [0.717, 1.165) is 18.6 Å². The Bertz CT molecular complexity index is 400. The van der Waals surface area contributed by atoms with Crippen LogP contribution in [0.15, 0.2) is 24.3 Å². The van der Waals surface area contributed by atoms with Crippen LogP contribution >= 0.6 is 29.3 Å². The van der Waals surface area contributed by atoms with E-state index in [2.05, 4.69) is 13.8 Å². The van der Waals surface area contributed by atoms with Crippen molar-refractivity contribution >= 4 is 46.4 Å². The van der Waals surface area contributed by atoms with Crippen LogP contribution < -0.4 is 5.30 Å². The minimum Gasteiger partial charge on any atom is -0.354 e. The van der Waals surface area contributed by atoms with E-state index < -0.39 is 5.47 Å². The quantitative estimate of drug-likeness (QED) is 0.784. The van der Waals surface area contributed by atoms with Gasteiger partial charge in [0.15, 0.2) is 0 Å².